The van der Waals surface area contributed by atoms with Crippen molar-refractivity contribution in [3.8, 4) is 0 Å². The van der Waals surface area contributed by atoms with Crippen molar-refractivity contribution in [2.45, 2.75) is 12.4 Å². The summed E-state index contributed by atoms with van der Waals surface area (Å²) in [6.07, 6.45) is -10.7. The van der Waals surface area contributed by atoms with Crippen LogP contribution in [0.15, 0.2) is 0 Å². The molecular weight excluding hydrogens is 321 g/mol. The Labute approximate surface area is 77.5 Å². The zero-order valence-corrected chi connectivity index (χ0v) is 7.62. The molecule has 0 amide bonds. The van der Waals surface area contributed by atoms with E-state index < -0.39 is 41.1 Å². The van der Waals surface area contributed by atoms with Crippen LogP contribution in [0.3, 0.4) is 0 Å². The summed E-state index contributed by atoms with van der Waals surface area (Å²) in [4.78, 5) is 19.8. The minimum absolute atomic E-state index is 2.59. The van der Waals surface area contributed by atoms with E-state index in [1.165, 1.54) is 0 Å². The van der Waals surface area contributed by atoms with Crippen LogP contribution >= 0.6 is 0 Å². The van der Waals surface area contributed by atoms with Crippen molar-refractivity contribution in [1.82, 2.24) is 0 Å². The predicted molar refractivity (Wildman–Crippen MR) is 22.1 cm³/mol. The van der Waals surface area contributed by atoms with Gasteiger partial charge in [0.15, 0.2) is 0 Å². The Hall–Kier alpha value is -0.350. The number of rotatable bonds is 2. The van der Waals surface area contributed by atoms with Gasteiger partial charge in [-0.2, -0.15) is 0 Å². The van der Waals surface area contributed by atoms with E-state index in [2.05, 4.69) is 0 Å². The molecule has 78 valence electrons. The topological polar surface area (TPSA) is 34.1 Å². The molecule has 0 N–H and O–H groups in total. The van der Waals surface area contributed by atoms with E-state index >= 15 is 0 Å². The van der Waals surface area contributed by atoms with Gasteiger partial charge in [0.2, 0.25) is 0 Å². The van der Waals surface area contributed by atoms with Gasteiger partial charge in [0.05, 0.1) is 0 Å². The van der Waals surface area contributed by atoms with Crippen molar-refractivity contribution >= 4 is 7.58 Å². The maximum absolute atomic E-state index is 11.4. The molecule has 9 heteroatoms. The van der Waals surface area contributed by atoms with Crippen LogP contribution < -0.4 is 21.2 Å². The van der Waals surface area contributed by atoms with Gasteiger partial charge in [-0.25, -0.2) is 0 Å². The molecule has 0 rings (SSSR count). The average Bonchev–Trinajstić information content (AvgIpc) is 1.82. The molecule has 0 saturated carbocycles. The van der Waals surface area contributed by atoms with Gasteiger partial charge in [-0.15, -0.1) is 0 Å². The van der Waals surface area contributed by atoms with Crippen molar-refractivity contribution in [2.75, 3.05) is 0 Å². The van der Waals surface area contributed by atoms with Gasteiger partial charge < -0.3 is 0 Å². The Morgan fingerprint density at radius 3 is 1.15 bits per heavy atom. The van der Waals surface area contributed by atoms with Crippen molar-refractivity contribution in [2.24, 2.45) is 0 Å². The van der Waals surface area contributed by atoms with Gasteiger partial charge >= 0.3 is 77.1 Å². The van der Waals surface area contributed by atoms with Gasteiger partial charge in [0, 0.05) is 0 Å². The zero-order chi connectivity index (χ0) is 10.9. The Morgan fingerprint density at radius 2 is 1.00 bits per heavy atom. The molecule has 0 heterocycles. The first-order valence-corrected chi connectivity index (χ1v) is 4.58. The van der Waals surface area contributed by atoms with Crippen LogP contribution in [0.2, 0.25) is 0 Å². The molecule has 0 radical (unpaired) electrons. The summed E-state index contributed by atoms with van der Waals surface area (Å²) in [6.45, 7) is 0. The Kier molecular flexibility index (Phi) is 3.70. The van der Waals surface area contributed by atoms with E-state index in [0.717, 1.165) is 0 Å². The maximum atomic E-state index is 11.4. The van der Waals surface area contributed by atoms with Crippen LogP contribution in [-0.4, -0.2) is 19.9 Å². The number of carbonyl (C=O) groups excluding carboxylic acids is 2. The van der Waals surface area contributed by atoms with E-state index in [9.17, 15) is 35.9 Å². The molecule has 0 saturated heterocycles. The molecule has 0 aromatic heterocycles. The number of hydrogen-bond acceptors (Lipinski definition) is 2. The molecule has 0 unspecified atom stereocenters. The molecule has 0 aliphatic carbocycles. The second-order valence-electron chi connectivity index (χ2n) is 1.64. The fourth-order valence-corrected chi connectivity index (χ4v) is 1.24. The molecule has 0 fully saturated rings. The summed E-state index contributed by atoms with van der Waals surface area (Å²) in [5.41, 5.74) is 0. The zero-order valence-electron chi connectivity index (χ0n) is 5.46. The molecular formula is C4F6IO2-. The first kappa shape index (κ1) is 12.7. The number of carbonyl (C=O) groups is 2. The summed E-state index contributed by atoms with van der Waals surface area (Å²) in [7, 11) is 0. The van der Waals surface area contributed by atoms with Crippen molar-refractivity contribution in [3.63, 3.8) is 0 Å². The molecule has 13 heavy (non-hydrogen) atoms. The van der Waals surface area contributed by atoms with Gasteiger partial charge in [0.1, 0.15) is 0 Å². The van der Waals surface area contributed by atoms with E-state index in [-0.39, 0.29) is 0 Å². The molecule has 0 aliphatic rings. The van der Waals surface area contributed by atoms with E-state index in [1.807, 2.05) is 0 Å². The second kappa shape index (κ2) is 3.80. The summed E-state index contributed by atoms with van der Waals surface area (Å²) in [5, 5.41) is 0. The number of hydrogen-bond donors (Lipinski definition) is 0. The third-order valence-corrected chi connectivity index (χ3v) is 2.82. The van der Waals surface area contributed by atoms with Crippen molar-refractivity contribution in [3.05, 3.63) is 0 Å². The number of halogens is 7. The summed E-state index contributed by atoms with van der Waals surface area (Å²) in [6, 6.07) is 0. The third kappa shape index (κ3) is 4.43. The summed E-state index contributed by atoms with van der Waals surface area (Å²) >= 11 is -3.21. The first-order chi connectivity index (χ1) is 5.55. The molecule has 0 bridgehead atoms. The average molecular weight is 321 g/mol. The third-order valence-electron chi connectivity index (χ3n) is 0.617. The monoisotopic (exact) mass is 321 g/mol. The number of alkyl halides is 6. The van der Waals surface area contributed by atoms with Gasteiger partial charge in [-0.1, -0.05) is 0 Å². The van der Waals surface area contributed by atoms with Gasteiger partial charge in [0.25, 0.3) is 0 Å². The fraction of sp³-hybridized carbons (Fsp3) is 0.500. The fourth-order valence-electron chi connectivity index (χ4n) is 0.185. The predicted octanol–water partition coefficient (Wildman–Crippen LogP) is -1.75. The Bertz CT molecular complexity index is 204. The first-order valence-electron chi connectivity index (χ1n) is 2.42. The van der Waals surface area contributed by atoms with Gasteiger partial charge in [-0.3, -0.25) is 0 Å². The Morgan fingerprint density at radius 1 is 0.769 bits per heavy atom. The normalized spacial score (nSPS) is 13.1. The van der Waals surface area contributed by atoms with Crippen LogP contribution in [0.25, 0.3) is 0 Å². The Balaban J connectivity index is 4.34. The van der Waals surface area contributed by atoms with Crippen LogP contribution in [0.4, 0.5) is 26.3 Å². The van der Waals surface area contributed by atoms with E-state index in [0.29, 0.717) is 0 Å². The molecule has 2 nitrogen and oxygen atoms in total. The standard InChI is InChI=1S/C4F6IO2/c5-3(6,7)1(12)11-2(13)4(8,9)10/q-1. The summed E-state index contributed by atoms with van der Waals surface area (Å²) in [5.74, 6) is 0. The molecule has 0 atom stereocenters. The summed E-state index contributed by atoms with van der Waals surface area (Å²) < 4.78 is 63.0. The van der Waals surface area contributed by atoms with E-state index in [4.69, 9.17) is 0 Å². The van der Waals surface area contributed by atoms with Crippen LogP contribution in [0.5, 0.6) is 0 Å². The van der Waals surface area contributed by atoms with E-state index in [1.54, 1.807) is 0 Å². The quantitative estimate of drug-likeness (QED) is 0.344. The van der Waals surface area contributed by atoms with Crippen LogP contribution in [-0.2, 0) is 9.59 Å². The molecule has 0 aromatic carbocycles. The molecule has 0 aromatic rings. The SMILES string of the molecule is O=C([I-]C(=O)C(F)(F)F)C(F)(F)F. The second-order valence-corrected chi connectivity index (χ2v) is 4.14. The molecule has 0 aliphatic heterocycles. The van der Waals surface area contributed by atoms with Gasteiger partial charge in [-0.05, 0) is 0 Å². The van der Waals surface area contributed by atoms with Crippen molar-refractivity contribution in [1.29, 1.82) is 0 Å². The van der Waals surface area contributed by atoms with Crippen molar-refractivity contribution < 1.29 is 57.1 Å². The van der Waals surface area contributed by atoms with Crippen LogP contribution in [0.1, 0.15) is 0 Å². The molecule has 0 spiro atoms. The van der Waals surface area contributed by atoms with Crippen LogP contribution in [0, 0.1) is 0 Å². The minimum atomic E-state index is -5.35.